The highest BCUT2D eigenvalue weighted by molar-refractivity contribution is 7.90. The lowest BCUT2D eigenvalue weighted by molar-refractivity contribution is -0.0565. The van der Waals surface area contributed by atoms with Gasteiger partial charge in [0.15, 0.2) is 26.8 Å². The van der Waals surface area contributed by atoms with E-state index in [-0.39, 0.29) is 0 Å². The van der Waals surface area contributed by atoms with Gasteiger partial charge in [-0.15, -0.1) is 0 Å². The van der Waals surface area contributed by atoms with Crippen molar-refractivity contribution in [1.29, 1.82) is 0 Å². The third-order valence-electron chi connectivity index (χ3n) is 3.12. The number of aliphatic hydroxyl groups excluding tert-OH is 3. The van der Waals surface area contributed by atoms with Crippen LogP contribution in [0.5, 0.6) is 0 Å². The van der Waals surface area contributed by atoms with Crippen molar-refractivity contribution in [2.24, 2.45) is 5.73 Å². The van der Waals surface area contributed by atoms with Crippen LogP contribution in [0.2, 0.25) is 0 Å². The van der Waals surface area contributed by atoms with Gasteiger partial charge < -0.3 is 25.8 Å². The lowest BCUT2D eigenvalue weighted by atomic mass is 10.1. The topological polar surface area (TPSA) is 165 Å². The molecule has 0 saturated carbocycles. The summed E-state index contributed by atoms with van der Waals surface area (Å²) in [7, 11) is -3.90. The Labute approximate surface area is 119 Å². The number of aromatic nitrogens is 2. The van der Waals surface area contributed by atoms with E-state index in [0.717, 1.165) is 17.2 Å². The molecule has 0 aromatic carbocycles. The fourth-order valence-corrected chi connectivity index (χ4v) is 3.22. The summed E-state index contributed by atoms with van der Waals surface area (Å²) in [4.78, 5) is 14.9. The Bertz CT molecular complexity index is 656. The fraction of sp³-hybridized carbons (Fsp3) is 0.600. The van der Waals surface area contributed by atoms with Gasteiger partial charge in [0.25, 0.3) is 5.91 Å². The van der Waals surface area contributed by atoms with Crippen molar-refractivity contribution < 1.29 is 33.3 Å². The minimum absolute atomic E-state index is 0.491. The number of carbonyl (C=O) groups is 1. The van der Waals surface area contributed by atoms with E-state index in [9.17, 15) is 23.4 Å². The molecule has 1 aromatic rings. The molecule has 0 radical (unpaired) electrons. The van der Waals surface area contributed by atoms with E-state index in [2.05, 4.69) is 4.98 Å². The highest BCUT2D eigenvalue weighted by atomic mass is 32.2. The monoisotopic (exact) mass is 321 g/mol. The van der Waals surface area contributed by atoms with Crippen LogP contribution in [0, 0.1) is 0 Å². The second-order valence-electron chi connectivity index (χ2n) is 4.67. The Balaban J connectivity index is 2.53. The minimum Gasteiger partial charge on any atom is -0.394 e. The zero-order valence-corrected chi connectivity index (χ0v) is 11.8. The predicted octanol–water partition coefficient (Wildman–Crippen LogP) is -3.00. The van der Waals surface area contributed by atoms with Crippen LogP contribution in [0.1, 0.15) is 16.7 Å². The van der Waals surface area contributed by atoms with E-state index in [1.165, 1.54) is 0 Å². The Morgan fingerprint density at radius 3 is 2.52 bits per heavy atom. The van der Waals surface area contributed by atoms with Gasteiger partial charge in [0.05, 0.1) is 12.9 Å². The van der Waals surface area contributed by atoms with Crippen LogP contribution in [0.15, 0.2) is 11.4 Å². The molecule has 1 unspecified atom stereocenters. The summed E-state index contributed by atoms with van der Waals surface area (Å²) >= 11 is 0. The van der Waals surface area contributed by atoms with E-state index in [1.54, 1.807) is 0 Å². The first kappa shape index (κ1) is 15.9. The summed E-state index contributed by atoms with van der Waals surface area (Å²) in [5.74, 6) is -1.05. The quantitative estimate of drug-likeness (QED) is 0.455. The Morgan fingerprint density at radius 2 is 2.10 bits per heavy atom. The number of amides is 1. The van der Waals surface area contributed by atoms with Gasteiger partial charge in [-0.2, -0.15) is 0 Å². The summed E-state index contributed by atoms with van der Waals surface area (Å²) < 4.78 is 29.7. The molecule has 2 rings (SSSR count). The maximum Gasteiger partial charge on any atom is 0.270 e. The number of hydrogen-bond donors (Lipinski definition) is 4. The minimum atomic E-state index is -3.90. The van der Waals surface area contributed by atoms with Gasteiger partial charge in [0, 0.05) is 6.26 Å². The number of aliphatic hydroxyl groups is 3. The molecular weight excluding hydrogens is 306 g/mol. The molecule has 4 atom stereocenters. The molecule has 0 spiro atoms. The molecule has 1 fully saturated rings. The zero-order chi connectivity index (χ0) is 15.9. The number of hydrogen-bond acceptors (Lipinski definition) is 8. The number of nitrogens with two attached hydrogens (primary N) is 1. The van der Waals surface area contributed by atoms with Crippen LogP contribution in [-0.2, 0) is 14.6 Å². The average Bonchev–Trinajstić information content (AvgIpc) is 2.93. The molecule has 2 heterocycles. The van der Waals surface area contributed by atoms with E-state index < -0.39 is 57.6 Å². The van der Waals surface area contributed by atoms with Crippen LogP contribution in [-0.4, -0.2) is 70.4 Å². The third kappa shape index (κ3) is 2.65. The smallest absolute Gasteiger partial charge is 0.270 e. The average molecular weight is 321 g/mol. The number of ether oxygens (including phenoxy) is 1. The van der Waals surface area contributed by atoms with Gasteiger partial charge >= 0.3 is 0 Å². The molecule has 118 valence electrons. The SMILES string of the molecule is CS(=O)(=O)c1c(C(N)=O)ncn1C1O[C@H](CO)[C@@H](O)[C@H]1O. The van der Waals surface area contributed by atoms with E-state index in [0.29, 0.717) is 0 Å². The standard InChI is InChI=1S/C10H15N3O7S/c1-21(18,19)10-5(8(11)17)12-3-13(10)9-7(16)6(15)4(2-14)20-9/h3-4,6-7,9,14-16H,2H2,1H3,(H2,11,17)/t4-,6-,7-,9?/m1/s1. The van der Waals surface area contributed by atoms with E-state index >= 15 is 0 Å². The first-order valence-electron chi connectivity index (χ1n) is 5.87. The first-order chi connectivity index (χ1) is 9.68. The maximum atomic E-state index is 11.8. The maximum absolute atomic E-state index is 11.8. The van der Waals surface area contributed by atoms with Gasteiger partial charge in [0.1, 0.15) is 18.3 Å². The van der Waals surface area contributed by atoms with Crippen LogP contribution in [0.3, 0.4) is 0 Å². The van der Waals surface area contributed by atoms with Crippen LogP contribution < -0.4 is 5.73 Å². The van der Waals surface area contributed by atoms with Gasteiger partial charge in [-0.25, -0.2) is 13.4 Å². The number of primary amides is 1. The second-order valence-corrected chi connectivity index (χ2v) is 6.60. The Hall–Kier alpha value is -1.53. The van der Waals surface area contributed by atoms with Crippen LogP contribution >= 0.6 is 0 Å². The van der Waals surface area contributed by atoms with Crippen molar-refractivity contribution in [1.82, 2.24) is 9.55 Å². The summed E-state index contributed by atoms with van der Waals surface area (Å²) in [6.45, 7) is -0.569. The molecule has 5 N–H and O–H groups in total. The molecule has 21 heavy (non-hydrogen) atoms. The van der Waals surface area contributed by atoms with Gasteiger partial charge in [0.2, 0.25) is 0 Å². The number of nitrogens with zero attached hydrogens (tertiary/aromatic N) is 2. The number of carbonyl (C=O) groups excluding carboxylic acids is 1. The van der Waals surface area contributed by atoms with Crippen LogP contribution in [0.25, 0.3) is 0 Å². The summed E-state index contributed by atoms with van der Waals surface area (Å²) in [5, 5.41) is 28.1. The first-order valence-corrected chi connectivity index (χ1v) is 7.76. The number of sulfone groups is 1. The lowest BCUT2D eigenvalue weighted by Gasteiger charge is -2.18. The molecule has 1 saturated heterocycles. The number of imidazole rings is 1. The largest absolute Gasteiger partial charge is 0.394 e. The van der Waals surface area contributed by atoms with Crippen LogP contribution in [0.4, 0.5) is 0 Å². The molecule has 10 nitrogen and oxygen atoms in total. The van der Waals surface area contributed by atoms with Gasteiger partial charge in [-0.05, 0) is 0 Å². The molecule has 1 aliphatic heterocycles. The van der Waals surface area contributed by atoms with Gasteiger partial charge in [-0.3, -0.25) is 9.36 Å². The highest BCUT2D eigenvalue weighted by Gasteiger charge is 2.45. The summed E-state index contributed by atoms with van der Waals surface area (Å²) in [5.41, 5.74) is 4.58. The van der Waals surface area contributed by atoms with Crippen molar-refractivity contribution in [3.05, 3.63) is 12.0 Å². The predicted molar refractivity (Wildman–Crippen MR) is 66.9 cm³/mol. The van der Waals surface area contributed by atoms with Gasteiger partial charge in [-0.1, -0.05) is 0 Å². The molecular formula is C10H15N3O7S. The third-order valence-corrected chi connectivity index (χ3v) is 4.23. The van der Waals surface area contributed by atoms with Crippen molar-refractivity contribution in [3.63, 3.8) is 0 Å². The summed E-state index contributed by atoms with van der Waals surface area (Å²) in [6.07, 6.45) is -3.51. The molecule has 1 aromatic heterocycles. The summed E-state index contributed by atoms with van der Waals surface area (Å²) in [6, 6.07) is 0. The molecule has 11 heteroatoms. The van der Waals surface area contributed by atoms with E-state index in [1.807, 2.05) is 0 Å². The van der Waals surface area contributed by atoms with Crippen molar-refractivity contribution in [3.8, 4) is 0 Å². The number of rotatable bonds is 4. The molecule has 1 amide bonds. The van der Waals surface area contributed by atoms with Crippen molar-refractivity contribution in [2.75, 3.05) is 12.9 Å². The van der Waals surface area contributed by atoms with Crippen molar-refractivity contribution in [2.45, 2.75) is 29.6 Å². The zero-order valence-electron chi connectivity index (χ0n) is 10.9. The van der Waals surface area contributed by atoms with E-state index in [4.69, 9.17) is 15.6 Å². The Kier molecular flexibility index (Phi) is 4.04. The fourth-order valence-electron chi connectivity index (χ4n) is 2.18. The highest BCUT2D eigenvalue weighted by Crippen LogP contribution is 2.32. The second kappa shape index (κ2) is 5.35. The van der Waals surface area contributed by atoms with Crippen molar-refractivity contribution >= 4 is 15.7 Å². The Morgan fingerprint density at radius 1 is 1.48 bits per heavy atom. The lowest BCUT2D eigenvalue weighted by Crippen LogP contribution is -2.33. The molecule has 0 aliphatic carbocycles. The molecule has 0 bridgehead atoms. The normalized spacial score (nSPS) is 29.7. The molecule has 1 aliphatic rings.